The third kappa shape index (κ3) is 1.90. The summed E-state index contributed by atoms with van der Waals surface area (Å²) < 4.78 is 18.9. The molecular formula is C13H16N4O5. The third-order valence-corrected chi connectivity index (χ3v) is 3.96. The Kier molecular flexibility index (Phi) is 2.89. The van der Waals surface area contributed by atoms with E-state index in [1.807, 2.05) is 0 Å². The fraction of sp³-hybridized carbons (Fsp3) is 0.615. The fourth-order valence-electron chi connectivity index (χ4n) is 3.12. The number of H-pyrrole nitrogens is 1. The van der Waals surface area contributed by atoms with Gasteiger partial charge in [-0.25, -0.2) is 0 Å². The van der Waals surface area contributed by atoms with Gasteiger partial charge in [-0.1, -0.05) is 0 Å². The fourth-order valence-corrected chi connectivity index (χ4v) is 3.12. The molecule has 0 bridgehead atoms. The summed E-state index contributed by atoms with van der Waals surface area (Å²) in [5.41, 5.74) is 0.644. The SMILES string of the molecule is CC1(C)O[C@@H]2[C@H](O1)[C@@H](CO)O[C@H]2n1c(=O)ccc2n[nH]nc21. The van der Waals surface area contributed by atoms with Crippen molar-refractivity contribution in [3.8, 4) is 0 Å². The summed E-state index contributed by atoms with van der Waals surface area (Å²) in [6.07, 6.45) is -2.25. The predicted molar refractivity (Wildman–Crippen MR) is 73.0 cm³/mol. The van der Waals surface area contributed by atoms with Gasteiger partial charge in [-0.2, -0.15) is 10.3 Å². The minimum atomic E-state index is -0.799. The molecule has 2 saturated heterocycles. The molecule has 118 valence electrons. The van der Waals surface area contributed by atoms with Crippen LogP contribution in [0, 0.1) is 0 Å². The van der Waals surface area contributed by atoms with Gasteiger partial charge in [0.25, 0.3) is 5.56 Å². The van der Waals surface area contributed by atoms with E-state index in [2.05, 4.69) is 15.4 Å². The van der Waals surface area contributed by atoms with E-state index in [1.54, 1.807) is 19.9 Å². The number of pyridine rings is 1. The Morgan fingerprint density at radius 1 is 1.32 bits per heavy atom. The quantitative estimate of drug-likeness (QED) is 0.771. The summed E-state index contributed by atoms with van der Waals surface area (Å²) in [6, 6.07) is 2.99. The standard InChI is InChI=1S/C13H16N4O5/c1-13(2)21-9-7(5-18)20-12(10(9)22-13)17-8(19)4-3-6-11(17)15-16-14-6/h3-4,7,9-10,12,18H,5H2,1-2H3,(H,14,15,16)/t7-,9-,10-,12-/m1/s1. The average Bonchev–Trinajstić information content (AvgIpc) is 3.12. The Hall–Kier alpha value is -1.81. The van der Waals surface area contributed by atoms with E-state index in [1.165, 1.54) is 10.6 Å². The normalized spacial score (nSPS) is 33.4. The number of aromatic nitrogens is 4. The van der Waals surface area contributed by atoms with Gasteiger partial charge in [-0.05, 0) is 19.9 Å². The van der Waals surface area contributed by atoms with Gasteiger partial charge < -0.3 is 19.3 Å². The lowest BCUT2D eigenvalue weighted by Gasteiger charge is -2.24. The monoisotopic (exact) mass is 308 g/mol. The maximum Gasteiger partial charge on any atom is 0.254 e. The molecule has 9 nitrogen and oxygen atoms in total. The highest BCUT2D eigenvalue weighted by atomic mass is 16.8. The average molecular weight is 308 g/mol. The number of hydrogen-bond acceptors (Lipinski definition) is 7. The van der Waals surface area contributed by atoms with Gasteiger partial charge in [-0.3, -0.25) is 9.36 Å². The largest absolute Gasteiger partial charge is 0.394 e. The molecule has 0 amide bonds. The maximum absolute atomic E-state index is 12.3. The molecule has 0 radical (unpaired) electrons. The first kappa shape index (κ1) is 13.8. The van der Waals surface area contributed by atoms with Gasteiger partial charge in [0.15, 0.2) is 17.7 Å². The van der Waals surface area contributed by atoms with Gasteiger partial charge in [0, 0.05) is 6.07 Å². The molecule has 22 heavy (non-hydrogen) atoms. The van der Waals surface area contributed by atoms with E-state index in [9.17, 15) is 9.90 Å². The van der Waals surface area contributed by atoms with Crippen molar-refractivity contribution in [3.05, 3.63) is 22.5 Å². The Morgan fingerprint density at radius 3 is 2.86 bits per heavy atom. The van der Waals surface area contributed by atoms with Crippen LogP contribution in [0.25, 0.3) is 11.2 Å². The predicted octanol–water partition coefficient (Wildman–Crippen LogP) is -0.471. The molecular weight excluding hydrogens is 292 g/mol. The van der Waals surface area contributed by atoms with E-state index in [-0.39, 0.29) is 12.2 Å². The van der Waals surface area contributed by atoms with Crippen LogP contribution < -0.4 is 5.56 Å². The van der Waals surface area contributed by atoms with Crippen molar-refractivity contribution >= 4 is 11.2 Å². The number of ether oxygens (including phenoxy) is 3. The van der Waals surface area contributed by atoms with Gasteiger partial charge in [0.05, 0.1) is 6.61 Å². The number of nitrogens with zero attached hydrogens (tertiary/aromatic N) is 3. The number of aliphatic hydroxyl groups is 1. The lowest BCUT2D eigenvalue weighted by Crippen LogP contribution is -2.34. The first-order valence-corrected chi connectivity index (χ1v) is 7.04. The van der Waals surface area contributed by atoms with Crippen LogP contribution in [0.15, 0.2) is 16.9 Å². The number of hydrogen-bond donors (Lipinski definition) is 2. The van der Waals surface area contributed by atoms with Crippen LogP contribution >= 0.6 is 0 Å². The molecule has 0 saturated carbocycles. The zero-order chi connectivity index (χ0) is 15.5. The van der Waals surface area contributed by atoms with E-state index in [0.717, 1.165) is 0 Å². The lowest BCUT2D eigenvalue weighted by atomic mass is 10.1. The van der Waals surface area contributed by atoms with Crippen molar-refractivity contribution in [1.82, 2.24) is 20.0 Å². The Bertz CT molecular complexity index is 769. The van der Waals surface area contributed by atoms with Crippen LogP contribution in [0.1, 0.15) is 20.1 Å². The van der Waals surface area contributed by atoms with Crippen molar-refractivity contribution in [3.63, 3.8) is 0 Å². The molecule has 0 unspecified atom stereocenters. The summed E-state index contributed by atoms with van der Waals surface area (Å²) in [4.78, 5) is 12.3. The van der Waals surface area contributed by atoms with Crippen LogP contribution in [-0.4, -0.2) is 55.8 Å². The molecule has 0 spiro atoms. The van der Waals surface area contributed by atoms with Crippen LogP contribution in [0.2, 0.25) is 0 Å². The van der Waals surface area contributed by atoms with Crippen molar-refractivity contribution in [2.24, 2.45) is 0 Å². The molecule has 2 N–H and O–H groups in total. The number of aromatic amines is 1. The minimum Gasteiger partial charge on any atom is -0.394 e. The minimum absolute atomic E-state index is 0.222. The molecule has 2 aromatic rings. The van der Waals surface area contributed by atoms with E-state index in [4.69, 9.17) is 14.2 Å². The number of aliphatic hydroxyl groups excluding tert-OH is 1. The van der Waals surface area contributed by atoms with Crippen LogP contribution in [0.5, 0.6) is 0 Å². The first-order valence-electron chi connectivity index (χ1n) is 7.04. The third-order valence-electron chi connectivity index (χ3n) is 3.96. The molecule has 0 aliphatic carbocycles. The number of fused-ring (bicyclic) bond motifs is 2. The molecule has 4 heterocycles. The van der Waals surface area contributed by atoms with Crippen LogP contribution in [-0.2, 0) is 14.2 Å². The van der Waals surface area contributed by atoms with E-state index >= 15 is 0 Å². The highest BCUT2D eigenvalue weighted by Gasteiger charge is 2.56. The highest BCUT2D eigenvalue weighted by molar-refractivity contribution is 5.69. The lowest BCUT2D eigenvalue weighted by molar-refractivity contribution is -0.200. The van der Waals surface area contributed by atoms with E-state index < -0.39 is 30.3 Å². The van der Waals surface area contributed by atoms with Crippen LogP contribution in [0.4, 0.5) is 0 Å². The molecule has 4 atom stereocenters. The summed E-state index contributed by atoms with van der Waals surface area (Å²) >= 11 is 0. The van der Waals surface area contributed by atoms with Gasteiger partial charge in [-0.15, -0.1) is 5.10 Å². The zero-order valence-corrected chi connectivity index (χ0v) is 12.1. The van der Waals surface area contributed by atoms with Crippen LogP contribution in [0.3, 0.4) is 0 Å². The summed E-state index contributed by atoms with van der Waals surface area (Å²) in [5, 5.41) is 20.0. The van der Waals surface area contributed by atoms with Gasteiger partial charge in [0.1, 0.15) is 23.8 Å². The zero-order valence-electron chi connectivity index (χ0n) is 12.1. The molecule has 4 rings (SSSR count). The number of rotatable bonds is 2. The topological polar surface area (TPSA) is 111 Å². The molecule has 0 aromatic carbocycles. The van der Waals surface area contributed by atoms with E-state index in [0.29, 0.717) is 11.2 Å². The summed E-state index contributed by atoms with van der Waals surface area (Å²) in [5.74, 6) is -0.799. The highest BCUT2D eigenvalue weighted by Crippen LogP contribution is 2.42. The van der Waals surface area contributed by atoms with Gasteiger partial charge >= 0.3 is 0 Å². The molecule has 2 aromatic heterocycles. The Labute approximate surface area is 124 Å². The second kappa shape index (κ2) is 4.59. The maximum atomic E-state index is 12.3. The van der Waals surface area contributed by atoms with Crippen molar-refractivity contribution in [1.29, 1.82) is 0 Å². The second-order valence-electron chi connectivity index (χ2n) is 5.89. The van der Waals surface area contributed by atoms with Crippen molar-refractivity contribution in [2.75, 3.05) is 6.61 Å². The molecule has 2 aliphatic heterocycles. The first-order chi connectivity index (χ1) is 10.5. The van der Waals surface area contributed by atoms with Crippen molar-refractivity contribution < 1.29 is 19.3 Å². The van der Waals surface area contributed by atoms with Crippen molar-refractivity contribution in [2.45, 2.75) is 44.2 Å². The number of nitrogens with one attached hydrogen (secondary N) is 1. The van der Waals surface area contributed by atoms with Gasteiger partial charge in [0.2, 0.25) is 0 Å². The molecule has 9 heteroatoms. The Balaban J connectivity index is 1.83. The molecule has 2 aliphatic rings. The smallest absolute Gasteiger partial charge is 0.254 e. The Morgan fingerprint density at radius 2 is 2.09 bits per heavy atom. The summed E-state index contributed by atoms with van der Waals surface area (Å²) in [6.45, 7) is 3.35. The summed E-state index contributed by atoms with van der Waals surface area (Å²) in [7, 11) is 0. The molecule has 2 fully saturated rings. The second-order valence-corrected chi connectivity index (χ2v) is 5.89.